The fourth-order valence-corrected chi connectivity index (χ4v) is 2.75. The van der Waals surface area contributed by atoms with Crippen molar-refractivity contribution in [2.24, 2.45) is 5.73 Å². The molecule has 2 N–H and O–H groups in total. The second-order valence-electron chi connectivity index (χ2n) is 4.50. The average Bonchev–Trinajstić information content (AvgIpc) is 2.82. The predicted octanol–water partition coefficient (Wildman–Crippen LogP) is 2.74. The van der Waals surface area contributed by atoms with E-state index < -0.39 is 0 Å². The first kappa shape index (κ1) is 14.6. The van der Waals surface area contributed by atoms with Gasteiger partial charge in [0.25, 0.3) is 0 Å². The van der Waals surface area contributed by atoms with Crippen LogP contribution in [-0.4, -0.2) is 36.0 Å². The molecular weight excluding hydrogens is 232 g/mol. The standard InChI is InChI=1S/C13H24N2OS/c1-5-11(14)13(12-7-6-8-16-12)15(3)10(2)9-17-4/h6-8,10-11,13H,5,9,14H2,1-4H3. The number of nitrogens with two attached hydrogens (primary N) is 1. The molecule has 0 amide bonds. The Morgan fingerprint density at radius 1 is 1.53 bits per heavy atom. The number of hydrogen-bond donors (Lipinski definition) is 1. The Bertz CT molecular complexity index is 302. The lowest BCUT2D eigenvalue weighted by Gasteiger charge is -2.35. The minimum Gasteiger partial charge on any atom is -0.468 e. The third-order valence-corrected chi connectivity index (χ3v) is 4.07. The molecule has 3 nitrogen and oxygen atoms in total. The number of hydrogen-bond acceptors (Lipinski definition) is 4. The van der Waals surface area contributed by atoms with Crippen molar-refractivity contribution in [2.45, 2.75) is 38.4 Å². The zero-order valence-corrected chi connectivity index (χ0v) is 12.0. The van der Waals surface area contributed by atoms with E-state index in [0.29, 0.717) is 6.04 Å². The van der Waals surface area contributed by atoms with E-state index >= 15 is 0 Å². The molecule has 0 aliphatic heterocycles. The van der Waals surface area contributed by atoms with Crippen molar-refractivity contribution in [1.29, 1.82) is 0 Å². The Labute approximate surface area is 109 Å². The van der Waals surface area contributed by atoms with E-state index in [-0.39, 0.29) is 12.1 Å². The van der Waals surface area contributed by atoms with Crippen LogP contribution in [0.5, 0.6) is 0 Å². The maximum absolute atomic E-state index is 6.23. The van der Waals surface area contributed by atoms with Gasteiger partial charge in [-0.1, -0.05) is 6.92 Å². The van der Waals surface area contributed by atoms with Gasteiger partial charge < -0.3 is 10.2 Å². The molecule has 98 valence electrons. The van der Waals surface area contributed by atoms with Gasteiger partial charge in [0.1, 0.15) is 5.76 Å². The van der Waals surface area contributed by atoms with Gasteiger partial charge in [0.15, 0.2) is 0 Å². The number of rotatable bonds is 7. The van der Waals surface area contributed by atoms with Crippen molar-refractivity contribution in [3.8, 4) is 0 Å². The van der Waals surface area contributed by atoms with Gasteiger partial charge in [-0.05, 0) is 38.8 Å². The number of furan rings is 1. The molecule has 1 aromatic heterocycles. The van der Waals surface area contributed by atoms with Crippen molar-refractivity contribution in [2.75, 3.05) is 19.1 Å². The first-order valence-corrected chi connectivity index (χ1v) is 7.51. The lowest BCUT2D eigenvalue weighted by atomic mass is 10.0. The number of likely N-dealkylation sites (N-methyl/N-ethyl adjacent to an activating group) is 1. The summed E-state index contributed by atoms with van der Waals surface area (Å²) in [5, 5.41) is 0. The lowest BCUT2D eigenvalue weighted by Crippen LogP contribution is -2.43. The molecule has 0 radical (unpaired) electrons. The summed E-state index contributed by atoms with van der Waals surface area (Å²) in [4.78, 5) is 2.32. The average molecular weight is 256 g/mol. The molecule has 3 unspecified atom stereocenters. The van der Waals surface area contributed by atoms with Gasteiger partial charge in [0, 0.05) is 17.8 Å². The highest BCUT2D eigenvalue weighted by Gasteiger charge is 2.28. The lowest BCUT2D eigenvalue weighted by molar-refractivity contribution is 0.149. The molecule has 1 aromatic rings. The quantitative estimate of drug-likeness (QED) is 0.814. The zero-order valence-electron chi connectivity index (χ0n) is 11.2. The highest BCUT2D eigenvalue weighted by atomic mass is 32.2. The van der Waals surface area contributed by atoms with Crippen LogP contribution in [0.2, 0.25) is 0 Å². The smallest absolute Gasteiger partial charge is 0.122 e. The molecule has 0 aromatic carbocycles. The van der Waals surface area contributed by atoms with E-state index in [4.69, 9.17) is 10.2 Å². The van der Waals surface area contributed by atoms with Gasteiger partial charge >= 0.3 is 0 Å². The Morgan fingerprint density at radius 3 is 2.71 bits per heavy atom. The SMILES string of the molecule is CCC(N)C(c1ccco1)N(C)C(C)CSC. The fraction of sp³-hybridized carbons (Fsp3) is 0.692. The van der Waals surface area contributed by atoms with Crippen molar-refractivity contribution in [3.63, 3.8) is 0 Å². The zero-order chi connectivity index (χ0) is 12.8. The predicted molar refractivity (Wildman–Crippen MR) is 75.3 cm³/mol. The molecule has 17 heavy (non-hydrogen) atoms. The van der Waals surface area contributed by atoms with E-state index in [0.717, 1.165) is 17.9 Å². The first-order chi connectivity index (χ1) is 8.11. The fourth-order valence-electron chi connectivity index (χ4n) is 2.03. The van der Waals surface area contributed by atoms with Gasteiger partial charge in [-0.2, -0.15) is 11.8 Å². The Hall–Kier alpha value is -0.450. The summed E-state index contributed by atoms with van der Waals surface area (Å²) in [5.74, 6) is 2.07. The van der Waals surface area contributed by atoms with Gasteiger partial charge in [-0.15, -0.1) is 0 Å². The molecule has 4 heteroatoms. The summed E-state index contributed by atoms with van der Waals surface area (Å²) in [6, 6.07) is 4.70. The highest BCUT2D eigenvalue weighted by Crippen LogP contribution is 2.26. The maximum Gasteiger partial charge on any atom is 0.122 e. The normalized spacial score (nSPS) is 17.1. The van der Waals surface area contributed by atoms with E-state index in [9.17, 15) is 0 Å². The number of thioether (sulfide) groups is 1. The summed E-state index contributed by atoms with van der Waals surface area (Å²) in [5.41, 5.74) is 6.23. The molecule has 0 aliphatic carbocycles. The summed E-state index contributed by atoms with van der Waals surface area (Å²) >= 11 is 1.86. The third-order valence-electron chi connectivity index (χ3n) is 3.25. The Balaban J connectivity index is 2.83. The van der Waals surface area contributed by atoms with Gasteiger partial charge in [0.2, 0.25) is 0 Å². The van der Waals surface area contributed by atoms with Gasteiger partial charge in [-0.25, -0.2) is 0 Å². The van der Waals surface area contributed by atoms with Crippen LogP contribution in [0.15, 0.2) is 22.8 Å². The molecule has 0 saturated heterocycles. The molecule has 0 saturated carbocycles. The second-order valence-corrected chi connectivity index (χ2v) is 5.41. The van der Waals surface area contributed by atoms with Crippen LogP contribution < -0.4 is 5.73 Å². The monoisotopic (exact) mass is 256 g/mol. The third kappa shape index (κ3) is 3.76. The van der Waals surface area contributed by atoms with Crippen LogP contribution in [0.4, 0.5) is 0 Å². The highest BCUT2D eigenvalue weighted by molar-refractivity contribution is 7.98. The van der Waals surface area contributed by atoms with E-state index in [1.165, 1.54) is 0 Å². The van der Waals surface area contributed by atoms with Crippen LogP contribution in [0.1, 0.15) is 32.1 Å². The molecule has 3 atom stereocenters. The topological polar surface area (TPSA) is 42.4 Å². The van der Waals surface area contributed by atoms with Crippen molar-refractivity contribution < 1.29 is 4.42 Å². The summed E-state index contributed by atoms with van der Waals surface area (Å²) < 4.78 is 5.54. The number of nitrogens with zero attached hydrogens (tertiary/aromatic N) is 1. The van der Waals surface area contributed by atoms with E-state index in [2.05, 4.69) is 32.1 Å². The van der Waals surface area contributed by atoms with Crippen LogP contribution in [0.25, 0.3) is 0 Å². The van der Waals surface area contributed by atoms with Crippen LogP contribution in [0, 0.1) is 0 Å². The maximum atomic E-state index is 6.23. The minimum absolute atomic E-state index is 0.107. The van der Waals surface area contributed by atoms with Crippen LogP contribution >= 0.6 is 11.8 Å². The summed E-state index contributed by atoms with van der Waals surface area (Å²) in [6.45, 7) is 4.35. The molecule has 0 fully saturated rings. The van der Waals surface area contributed by atoms with Gasteiger partial charge in [-0.3, -0.25) is 4.90 Å². The first-order valence-electron chi connectivity index (χ1n) is 6.11. The molecule has 1 heterocycles. The molecule has 0 spiro atoms. The largest absolute Gasteiger partial charge is 0.468 e. The Kier molecular flexibility index (Phi) is 6.09. The van der Waals surface area contributed by atoms with Crippen LogP contribution in [-0.2, 0) is 0 Å². The summed E-state index contributed by atoms with van der Waals surface area (Å²) in [6.07, 6.45) is 4.80. The van der Waals surface area contributed by atoms with E-state index in [1.807, 2.05) is 23.9 Å². The minimum atomic E-state index is 0.107. The van der Waals surface area contributed by atoms with Crippen molar-refractivity contribution in [3.05, 3.63) is 24.2 Å². The van der Waals surface area contributed by atoms with Crippen molar-refractivity contribution in [1.82, 2.24) is 4.90 Å². The van der Waals surface area contributed by atoms with Crippen LogP contribution in [0.3, 0.4) is 0 Å². The molecular formula is C13H24N2OS. The molecule has 0 aliphatic rings. The second kappa shape index (κ2) is 7.09. The molecule has 0 bridgehead atoms. The summed E-state index contributed by atoms with van der Waals surface area (Å²) in [7, 11) is 2.13. The van der Waals surface area contributed by atoms with Crippen molar-refractivity contribution >= 4 is 11.8 Å². The molecule has 1 rings (SSSR count). The van der Waals surface area contributed by atoms with Gasteiger partial charge in [0.05, 0.1) is 12.3 Å². The van der Waals surface area contributed by atoms with E-state index in [1.54, 1.807) is 6.26 Å². The Morgan fingerprint density at radius 2 is 2.24 bits per heavy atom.